The van der Waals surface area contributed by atoms with Crippen LogP contribution < -0.4 is 15.4 Å². The van der Waals surface area contributed by atoms with Gasteiger partial charge in [0.05, 0.1) is 16.5 Å². The van der Waals surface area contributed by atoms with Crippen LogP contribution in [0.15, 0.2) is 140 Å². The molecule has 1 atom stereocenters. The minimum Gasteiger partial charge on any atom is -0.489 e. The average Bonchev–Trinajstić information content (AvgIpc) is 3.83. The molecular formula is C43H36N4O5S. The van der Waals surface area contributed by atoms with Gasteiger partial charge in [0.15, 0.2) is 0 Å². The van der Waals surface area contributed by atoms with Crippen LogP contribution in [-0.2, 0) is 24.2 Å². The minimum atomic E-state index is -1.10. The number of thiazole rings is 1. The lowest BCUT2D eigenvalue weighted by Crippen LogP contribution is -2.30. The van der Waals surface area contributed by atoms with E-state index in [1.165, 1.54) is 23.5 Å². The van der Waals surface area contributed by atoms with Crippen molar-refractivity contribution in [1.29, 1.82) is 0 Å². The molecule has 264 valence electrons. The summed E-state index contributed by atoms with van der Waals surface area (Å²) in [5.74, 6) is -1.00. The van der Waals surface area contributed by atoms with Gasteiger partial charge in [-0.3, -0.25) is 9.59 Å². The third-order valence-electron chi connectivity index (χ3n) is 8.80. The zero-order valence-corrected chi connectivity index (χ0v) is 29.4. The van der Waals surface area contributed by atoms with E-state index in [1.807, 2.05) is 115 Å². The van der Waals surface area contributed by atoms with Crippen molar-refractivity contribution < 1.29 is 24.2 Å². The molecule has 53 heavy (non-hydrogen) atoms. The first kappa shape index (κ1) is 34.9. The number of carbonyl (C=O) groups is 3. The molecule has 0 aliphatic rings. The molecule has 0 aliphatic heterocycles. The third-order valence-corrected chi connectivity index (χ3v) is 10.0. The molecule has 0 fully saturated rings. The molecule has 0 bridgehead atoms. The summed E-state index contributed by atoms with van der Waals surface area (Å²) >= 11 is 1.35. The number of H-pyrrole nitrogens is 1. The highest BCUT2D eigenvalue weighted by atomic mass is 32.1. The van der Waals surface area contributed by atoms with E-state index in [-0.39, 0.29) is 23.6 Å². The SMILES string of the molecule is O=C(CCc1c[nH]c2ccccc12)N[C@@H](Cc1ccc(OCc2ccccc2)cc1)c1nc(C(=O)Nc2cccc(C(=O)O)c2)c(-c2ccccc2)s1. The number of carbonyl (C=O) groups excluding carboxylic acids is 2. The highest BCUT2D eigenvalue weighted by molar-refractivity contribution is 7.15. The fourth-order valence-electron chi connectivity index (χ4n) is 6.10. The predicted molar refractivity (Wildman–Crippen MR) is 207 cm³/mol. The number of anilines is 1. The number of aromatic nitrogens is 2. The van der Waals surface area contributed by atoms with Gasteiger partial charge in [0, 0.05) is 29.2 Å². The molecule has 0 saturated heterocycles. The first-order valence-electron chi connectivity index (χ1n) is 17.2. The number of aryl methyl sites for hydroxylation is 1. The van der Waals surface area contributed by atoms with E-state index in [0.717, 1.165) is 38.9 Å². The van der Waals surface area contributed by atoms with Crippen molar-refractivity contribution in [1.82, 2.24) is 15.3 Å². The maximum atomic E-state index is 13.8. The Hall–Kier alpha value is -6.52. The largest absolute Gasteiger partial charge is 0.489 e. The monoisotopic (exact) mass is 720 g/mol. The van der Waals surface area contributed by atoms with Crippen molar-refractivity contribution in [3.05, 3.63) is 173 Å². The van der Waals surface area contributed by atoms with Crippen molar-refractivity contribution in [2.24, 2.45) is 0 Å². The number of rotatable bonds is 14. The van der Waals surface area contributed by atoms with Crippen LogP contribution in [0, 0.1) is 0 Å². The summed E-state index contributed by atoms with van der Waals surface area (Å²) in [6.07, 6.45) is 3.17. The van der Waals surface area contributed by atoms with Crippen LogP contribution in [0.5, 0.6) is 5.75 Å². The van der Waals surface area contributed by atoms with Gasteiger partial charge in [-0.25, -0.2) is 9.78 Å². The van der Waals surface area contributed by atoms with Crippen molar-refractivity contribution in [3.8, 4) is 16.2 Å². The Labute approximate surface area is 310 Å². The van der Waals surface area contributed by atoms with Crippen molar-refractivity contribution in [2.75, 3.05) is 5.32 Å². The maximum absolute atomic E-state index is 13.8. The Bertz CT molecular complexity index is 2350. The second-order valence-corrected chi connectivity index (χ2v) is 13.6. The Kier molecular flexibility index (Phi) is 10.7. The molecule has 7 aromatic rings. The smallest absolute Gasteiger partial charge is 0.335 e. The molecule has 0 radical (unpaired) electrons. The normalized spacial score (nSPS) is 11.5. The number of ether oxygens (including phenoxy) is 1. The first-order valence-corrected chi connectivity index (χ1v) is 18.0. The van der Waals surface area contributed by atoms with E-state index < -0.39 is 17.9 Å². The summed E-state index contributed by atoms with van der Waals surface area (Å²) in [7, 11) is 0. The summed E-state index contributed by atoms with van der Waals surface area (Å²) in [6, 6.07) is 40.7. The number of para-hydroxylation sites is 1. The van der Waals surface area contributed by atoms with E-state index in [9.17, 15) is 19.5 Å². The molecule has 0 unspecified atom stereocenters. The van der Waals surface area contributed by atoms with Crippen molar-refractivity contribution in [2.45, 2.75) is 31.9 Å². The van der Waals surface area contributed by atoms with Crippen LogP contribution in [0.2, 0.25) is 0 Å². The van der Waals surface area contributed by atoms with E-state index in [4.69, 9.17) is 9.72 Å². The molecule has 0 spiro atoms. The molecular weight excluding hydrogens is 685 g/mol. The topological polar surface area (TPSA) is 133 Å². The first-order chi connectivity index (χ1) is 25.9. The summed E-state index contributed by atoms with van der Waals surface area (Å²) in [5.41, 5.74) is 5.46. The number of carboxylic acids is 1. The molecule has 4 N–H and O–H groups in total. The van der Waals surface area contributed by atoms with E-state index >= 15 is 0 Å². The average molecular weight is 721 g/mol. The summed E-state index contributed by atoms with van der Waals surface area (Å²) in [4.78, 5) is 47.8. The van der Waals surface area contributed by atoms with Crippen LogP contribution >= 0.6 is 11.3 Å². The van der Waals surface area contributed by atoms with Crippen molar-refractivity contribution in [3.63, 3.8) is 0 Å². The van der Waals surface area contributed by atoms with Crippen LogP contribution in [-0.4, -0.2) is 32.9 Å². The number of aromatic amines is 1. The second kappa shape index (κ2) is 16.2. The minimum absolute atomic E-state index is 0.0527. The van der Waals surface area contributed by atoms with Gasteiger partial charge >= 0.3 is 5.97 Å². The molecule has 10 heteroatoms. The second-order valence-electron chi connectivity index (χ2n) is 12.5. The molecule has 7 rings (SSSR count). The highest BCUT2D eigenvalue weighted by Gasteiger charge is 2.26. The Morgan fingerprint density at radius 3 is 2.32 bits per heavy atom. The Balaban J connectivity index is 1.16. The molecule has 0 saturated carbocycles. The number of hydrogen-bond donors (Lipinski definition) is 4. The zero-order chi connectivity index (χ0) is 36.6. The van der Waals surface area contributed by atoms with E-state index in [1.54, 1.807) is 12.1 Å². The number of nitrogens with zero attached hydrogens (tertiary/aromatic N) is 1. The number of nitrogens with one attached hydrogen (secondary N) is 3. The fourth-order valence-corrected chi connectivity index (χ4v) is 7.22. The lowest BCUT2D eigenvalue weighted by molar-refractivity contribution is -0.121. The van der Waals surface area contributed by atoms with Gasteiger partial charge in [0.25, 0.3) is 5.91 Å². The Morgan fingerprint density at radius 2 is 1.55 bits per heavy atom. The quantitative estimate of drug-likeness (QED) is 0.0888. The van der Waals surface area contributed by atoms with Crippen LogP contribution in [0.3, 0.4) is 0 Å². The van der Waals surface area contributed by atoms with Gasteiger partial charge in [-0.15, -0.1) is 11.3 Å². The van der Waals surface area contributed by atoms with Gasteiger partial charge < -0.3 is 25.5 Å². The lowest BCUT2D eigenvalue weighted by atomic mass is 10.0. The number of carboxylic acid groups (broad SMARTS) is 1. The molecule has 2 aromatic heterocycles. The third kappa shape index (κ3) is 8.69. The molecule has 0 aliphatic carbocycles. The van der Waals surface area contributed by atoms with Gasteiger partial charge in [0.1, 0.15) is 23.1 Å². The number of aromatic carboxylic acids is 1. The number of amides is 2. The summed E-state index contributed by atoms with van der Waals surface area (Å²) in [5, 5.41) is 17.2. The Morgan fingerprint density at radius 1 is 0.811 bits per heavy atom. The van der Waals surface area contributed by atoms with E-state index in [2.05, 4.69) is 15.6 Å². The van der Waals surface area contributed by atoms with Gasteiger partial charge in [-0.2, -0.15) is 0 Å². The fraction of sp³-hybridized carbons (Fsp3) is 0.116. The predicted octanol–water partition coefficient (Wildman–Crippen LogP) is 8.85. The standard InChI is InChI=1S/C43H36N4O5S/c48-38(23-20-32-26-44-36-17-8-7-16-35(32)36)46-37(24-28-18-21-34(22-19-28)52-27-29-10-3-1-4-11-29)42-47-39(40(53-42)30-12-5-2-6-13-30)41(49)45-33-15-9-14-31(25-33)43(50)51/h1-19,21-22,25-26,37,44H,20,23-24,27H2,(H,45,49)(H,46,48)(H,50,51)/t37-/m0/s1. The van der Waals surface area contributed by atoms with Crippen LogP contribution in [0.1, 0.15) is 55.0 Å². The lowest BCUT2D eigenvalue weighted by Gasteiger charge is -2.17. The number of hydrogen-bond acceptors (Lipinski definition) is 6. The summed E-state index contributed by atoms with van der Waals surface area (Å²) in [6.45, 7) is 0.447. The van der Waals surface area contributed by atoms with Crippen molar-refractivity contribution >= 4 is 45.7 Å². The highest BCUT2D eigenvalue weighted by Crippen LogP contribution is 2.35. The van der Waals surface area contributed by atoms with Gasteiger partial charge in [-0.1, -0.05) is 97.1 Å². The summed E-state index contributed by atoms with van der Waals surface area (Å²) < 4.78 is 6.00. The molecule has 2 amide bonds. The van der Waals surface area contributed by atoms with Gasteiger partial charge in [0.2, 0.25) is 5.91 Å². The number of benzene rings is 5. The van der Waals surface area contributed by atoms with Crippen LogP contribution in [0.4, 0.5) is 5.69 Å². The maximum Gasteiger partial charge on any atom is 0.335 e. The van der Waals surface area contributed by atoms with Gasteiger partial charge in [-0.05, 0) is 71.5 Å². The molecule has 9 nitrogen and oxygen atoms in total. The van der Waals surface area contributed by atoms with Crippen LogP contribution in [0.25, 0.3) is 21.3 Å². The van der Waals surface area contributed by atoms with E-state index in [0.29, 0.717) is 35.0 Å². The molecule has 5 aromatic carbocycles. The zero-order valence-electron chi connectivity index (χ0n) is 28.6. The molecule has 2 heterocycles. The number of fused-ring (bicyclic) bond motifs is 1.